The highest BCUT2D eigenvalue weighted by Crippen LogP contribution is 2.34. The molecule has 2 aromatic carbocycles. The molecule has 0 bridgehead atoms. The standard InChI is InChI=1S/C17H13Cl2N3O/c1-10-4-2-7-13(8-10)22-16(11-5-3-6-12(18)9-11)14(19)15(21-22)17(20)23/h2-9H,1H3,(H2,20,23). The SMILES string of the molecule is Cc1cccc(-n2nc(C(N)=O)c(Cl)c2-c2cccc(Cl)c2)c1. The third-order valence-corrected chi connectivity index (χ3v) is 4.00. The summed E-state index contributed by atoms with van der Waals surface area (Å²) >= 11 is 12.4. The lowest BCUT2D eigenvalue weighted by Crippen LogP contribution is -2.12. The Morgan fingerprint density at radius 2 is 1.87 bits per heavy atom. The minimum Gasteiger partial charge on any atom is -0.364 e. The van der Waals surface area contributed by atoms with Crippen molar-refractivity contribution in [3.63, 3.8) is 0 Å². The quantitative estimate of drug-likeness (QED) is 0.771. The summed E-state index contributed by atoms with van der Waals surface area (Å²) in [6, 6.07) is 14.9. The molecule has 1 heterocycles. The average Bonchev–Trinajstić information content (AvgIpc) is 2.85. The number of aryl methyl sites for hydroxylation is 1. The van der Waals surface area contributed by atoms with Gasteiger partial charge in [-0.05, 0) is 36.8 Å². The molecule has 6 heteroatoms. The minimum absolute atomic E-state index is 0.0307. The number of rotatable bonds is 3. The highest BCUT2D eigenvalue weighted by molar-refractivity contribution is 6.36. The lowest BCUT2D eigenvalue weighted by atomic mass is 10.1. The number of benzene rings is 2. The number of nitrogens with two attached hydrogens (primary N) is 1. The zero-order valence-electron chi connectivity index (χ0n) is 12.3. The number of primary amides is 1. The Morgan fingerprint density at radius 3 is 2.52 bits per heavy atom. The summed E-state index contributed by atoms with van der Waals surface area (Å²) in [5.74, 6) is -0.676. The molecule has 2 N–H and O–H groups in total. The molecule has 0 fully saturated rings. The zero-order valence-corrected chi connectivity index (χ0v) is 13.8. The van der Waals surface area contributed by atoms with Crippen molar-refractivity contribution >= 4 is 29.1 Å². The molecule has 0 saturated carbocycles. The summed E-state index contributed by atoms with van der Waals surface area (Å²) in [7, 11) is 0. The lowest BCUT2D eigenvalue weighted by Gasteiger charge is -2.09. The van der Waals surface area contributed by atoms with Crippen molar-refractivity contribution in [3.8, 4) is 16.9 Å². The van der Waals surface area contributed by atoms with Crippen LogP contribution in [0.3, 0.4) is 0 Å². The molecule has 1 aromatic heterocycles. The molecule has 3 aromatic rings. The van der Waals surface area contributed by atoms with Crippen LogP contribution in [0.1, 0.15) is 16.1 Å². The van der Waals surface area contributed by atoms with E-state index in [2.05, 4.69) is 5.10 Å². The number of hydrogen-bond donors (Lipinski definition) is 1. The summed E-state index contributed by atoms with van der Waals surface area (Å²) in [6.45, 7) is 1.97. The number of hydrogen-bond acceptors (Lipinski definition) is 2. The van der Waals surface area contributed by atoms with Crippen LogP contribution in [0.15, 0.2) is 48.5 Å². The number of carbonyl (C=O) groups is 1. The molecule has 116 valence electrons. The van der Waals surface area contributed by atoms with E-state index in [9.17, 15) is 4.79 Å². The van der Waals surface area contributed by atoms with Crippen LogP contribution in [-0.4, -0.2) is 15.7 Å². The Bertz CT molecular complexity index is 903. The van der Waals surface area contributed by atoms with Crippen LogP contribution in [-0.2, 0) is 0 Å². The Hall–Kier alpha value is -2.30. The predicted octanol–water partition coefficient (Wildman–Crippen LogP) is 4.25. The Kier molecular flexibility index (Phi) is 4.11. The first-order chi connectivity index (χ1) is 11.0. The van der Waals surface area contributed by atoms with Gasteiger partial charge in [0.05, 0.1) is 11.4 Å². The van der Waals surface area contributed by atoms with E-state index < -0.39 is 5.91 Å². The second-order valence-electron chi connectivity index (χ2n) is 5.14. The molecule has 0 spiro atoms. The van der Waals surface area contributed by atoms with Crippen LogP contribution in [0.5, 0.6) is 0 Å². The monoisotopic (exact) mass is 345 g/mol. The third-order valence-electron chi connectivity index (χ3n) is 3.41. The first kappa shape index (κ1) is 15.6. The second kappa shape index (κ2) is 6.07. The third kappa shape index (κ3) is 2.96. The fourth-order valence-corrected chi connectivity index (χ4v) is 2.90. The second-order valence-corrected chi connectivity index (χ2v) is 5.95. The van der Waals surface area contributed by atoms with Gasteiger partial charge in [-0.25, -0.2) is 4.68 Å². The number of aromatic nitrogens is 2. The van der Waals surface area contributed by atoms with E-state index in [0.29, 0.717) is 10.7 Å². The van der Waals surface area contributed by atoms with Crippen LogP contribution in [0.4, 0.5) is 0 Å². The molecule has 0 aliphatic rings. The van der Waals surface area contributed by atoms with Crippen LogP contribution in [0, 0.1) is 6.92 Å². The summed E-state index contributed by atoms with van der Waals surface area (Å²) in [5, 5.41) is 5.07. The normalized spacial score (nSPS) is 10.7. The lowest BCUT2D eigenvalue weighted by molar-refractivity contribution is 0.0995. The van der Waals surface area contributed by atoms with E-state index in [1.807, 2.05) is 43.3 Å². The van der Waals surface area contributed by atoms with E-state index in [4.69, 9.17) is 28.9 Å². The Labute approximate surface area is 143 Å². The zero-order chi connectivity index (χ0) is 16.6. The maximum Gasteiger partial charge on any atom is 0.270 e. The van der Waals surface area contributed by atoms with Gasteiger partial charge in [0.25, 0.3) is 5.91 Å². The van der Waals surface area contributed by atoms with Gasteiger partial charge < -0.3 is 5.73 Å². The van der Waals surface area contributed by atoms with Crippen molar-refractivity contribution in [1.82, 2.24) is 9.78 Å². The van der Waals surface area contributed by atoms with Crippen molar-refractivity contribution in [2.75, 3.05) is 0 Å². The van der Waals surface area contributed by atoms with Gasteiger partial charge in [0, 0.05) is 10.6 Å². The first-order valence-electron chi connectivity index (χ1n) is 6.88. The summed E-state index contributed by atoms with van der Waals surface area (Å²) in [4.78, 5) is 11.6. The molecule has 0 atom stereocenters. The molecule has 1 amide bonds. The number of amides is 1. The van der Waals surface area contributed by atoms with E-state index in [-0.39, 0.29) is 10.7 Å². The van der Waals surface area contributed by atoms with Crippen LogP contribution >= 0.6 is 23.2 Å². The minimum atomic E-state index is -0.676. The summed E-state index contributed by atoms with van der Waals surface area (Å²) in [6.07, 6.45) is 0. The van der Waals surface area contributed by atoms with Gasteiger partial charge in [0.15, 0.2) is 5.69 Å². The molecule has 0 unspecified atom stereocenters. The molecular weight excluding hydrogens is 333 g/mol. The number of carbonyl (C=O) groups excluding carboxylic acids is 1. The Balaban J connectivity index is 2.31. The maximum atomic E-state index is 11.6. The van der Waals surface area contributed by atoms with Crippen molar-refractivity contribution in [3.05, 3.63) is 69.8 Å². The smallest absolute Gasteiger partial charge is 0.270 e. The van der Waals surface area contributed by atoms with Crippen molar-refractivity contribution in [2.24, 2.45) is 5.73 Å². The van der Waals surface area contributed by atoms with Crippen LogP contribution < -0.4 is 5.73 Å². The fourth-order valence-electron chi connectivity index (χ4n) is 2.39. The fraction of sp³-hybridized carbons (Fsp3) is 0.0588. The van der Waals surface area contributed by atoms with Crippen LogP contribution in [0.25, 0.3) is 16.9 Å². The van der Waals surface area contributed by atoms with Crippen molar-refractivity contribution < 1.29 is 4.79 Å². The average molecular weight is 346 g/mol. The van der Waals surface area contributed by atoms with Gasteiger partial charge in [0.2, 0.25) is 0 Å². The Morgan fingerprint density at radius 1 is 1.13 bits per heavy atom. The van der Waals surface area contributed by atoms with Gasteiger partial charge >= 0.3 is 0 Å². The molecular formula is C17H13Cl2N3O. The van der Waals surface area contributed by atoms with Gasteiger partial charge in [-0.15, -0.1) is 0 Å². The van der Waals surface area contributed by atoms with E-state index >= 15 is 0 Å². The van der Waals surface area contributed by atoms with Gasteiger partial charge in [-0.1, -0.05) is 47.5 Å². The topological polar surface area (TPSA) is 60.9 Å². The number of nitrogens with zero attached hydrogens (tertiary/aromatic N) is 2. The summed E-state index contributed by atoms with van der Waals surface area (Å²) in [5.41, 5.74) is 8.60. The molecule has 0 aliphatic heterocycles. The van der Waals surface area contributed by atoms with E-state index in [1.54, 1.807) is 16.8 Å². The number of halogens is 2. The molecule has 0 aliphatic carbocycles. The van der Waals surface area contributed by atoms with Crippen molar-refractivity contribution in [2.45, 2.75) is 6.92 Å². The summed E-state index contributed by atoms with van der Waals surface area (Å²) < 4.78 is 1.61. The highest BCUT2D eigenvalue weighted by Gasteiger charge is 2.22. The van der Waals surface area contributed by atoms with E-state index in [1.165, 1.54) is 0 Å². The molecule has 4 nitrogen and oxygen atoms in total. The van der Waals surface area contributed by atoms with E-state index in [0.717, 1.165) is 16.8 Å². The highest BCUT2D eigenvalue weighted by atomic mass is 35.5. The molecule has 3 rings (SSSR count). The van der Waals surface area contributed by atoms with Gasteiger partial charge in [-0.3, -0.25) is 4.79 Å². The molecule has 0 radical (unpaired) electrons. The largest absolute Gasteiger partial charge is 0.364 e. The maximum absolute atomic E-state index is 11.6. The van der Waals surface area contributed by atoms with Gasteiger partial charge in [-0.2, -0.15) is 5.10 Å². The first-order valence-corrected chi connectivity index (χ1v) is 7.64. The molecule has 0 saturated heterocycles. The van der Waals surface area contributed by atoms with Gasteiger partial charge in [0.1, 0.15) is 5.02 Å². The molecule has 23 heavy (non-hydrogen) atoms. The van der Waals surface area contributed by atoms with Crippen LogP contribution in [0.2, 0.25) is 10.0 Å². The predicted molar refractivity (Wildman–Crippen MR) is 92.3 cm³/mol. The van der Waals surface area contributed by atoms with Crippen molar-refractivity contribution in [1.29, 1.82) is 0 Å².